The molecule has 0 unspecified atom stereocenters. The van der Waals surface area contributed by atoms with E-state index in [-0.39, 0.29) is 16.5 Å². The highest BCUT2D eigenvalue weighted by Crippen LogP contribution is 2.27. The summed E-state index contributed by atoms with van der Waals surface area (Å²) in [6.07, 6.45) is 0. The topological polar surface area (TPSA) is 55.1 Å². The second-order valence-electron chi connectivity index (χ2n) is 3.92. The van der Waals surface area contributed by atoms with Gasteiger partial charge in [0.05, 0.1) is 10.7 Å². The Balaban J connectivity index is 2.73. The monoisotopic (exact) mass is 268 g/mol. The summed E-state index contributed by atoms with van der Waals surface area (Å²) in [4.78, 5) is 11.8. The number of hydrogen-bond acceptors (Lipinski definition) is 3. The molecule has 0 radical (unpaired) electrons. The van der Waals surface area contributed by atoms with Crippen LogP contribution in [0.4, 0.5) is 4.39 Å². The molecule has 0 aliphatic rings. The minimum atomic E-state index is -0.726. The molecule has 0 spiro atoms. The molecule has 0 amide bonds. The van der Waals surface area contributed by atoms with Crippen LogP contribution in [0.2, 0.25) is 5.02 Å². The Labute approximate surface area is 107 Å². The Morgan fingerprint density at radius 2 is 2.00 bits per heavy atom. The molecule has 18 heavy (non-hydrogen) atoms. The smallest absolute Gasteiger partial charge is 0.271 e. The van der Waals surface area contributed by atoms with Crippen molar-refractivity contribution in [3.63, 3.8) is 0 Å². The van der Waals surface area contributed by atoms with Crippen molar-refractivity contribution in [2.75, 3.05) is 0 Å². The average molecular weight is 269 g/mol. The highest BCUT2D eigenvalue weighted by Gasteiger charge is 2.12. The first-order valence-corrected chi connectivity index (χ1v) is 5.54. The maximum Gasteiger partial charge on any atom is 0.271 e. The van der Waals surface area contributed by atoms with Crippen molar-refractivity contribution in [1.29, 1.82) is 0 Å². The normalized spacial score (nSPS) is 10.7. The van der Waals surface area contributed by atoms with Crippen molar-refractivity contribution >= 4 is 11.6 Å². The number of aryl methyl sites for hydroxylation is 2. The van der Waals surface area contributed by atoms with Gasteiger partial charge in [-0.25, -0.2) is 4.39 Å². The Kier molecular flexibility index (Phi) is 3.09. The summed E-state index contributed by atoms with van der Waals surface area (Å²) in [5.41, 5.74) is 0.710. The number of nitrogens with zero attached hydrogens (tertiary/aromatic N) is 2. The summed E-state index contributed by atoms with van der Waals surface area (Å²) in [6, 6.07) is 3.36. The van der Waals surface area contributed by atoms with Gasteiger partial charge in [0, 0.05) is 12.1 Å². The molecule has 1 aromatic heterocycles. The first-order chi connectivity index (χ1) is 8.40. The van der Waals surface area contributed by atoms with Crippen molar-refractivity contribution < 1.29 is 9.50 Å². The van der Waals surface area contributed by atoms with Crippen LogP contribution in [0.5, 0.6) is 5.75 Å². The lowest BCUT2D eigenvalue weighted by atomic mass is 10.2. The molecule has 0 fully saturated rings. The Bertz CT molecular complexity index is 683. The molecule has 0 saturated carbocycles. The standard InChI is InChI=1S/C12H10ClFN2O2/c1-6-3-12(18)16(15-7(6)2)10-5-11(17)8(13)4-9(10)14/h3-5,17H,1-2H3. The summed E-state index contributed by atoms with van der Waals surface area (Å²) >= 11 is 5.57. The van der Waals surface area contributed by atoms with E-state index in [0.29, 0.717) is 5.69 Å². The van der Waals surface area contributed by atoms with Gasteiger partial charge in [0.25, 0.3) is 5.56 Å². The third-order valence-corrected chi connectivity index (χ3v) is 2.92. The second-order valence-corrected chi connectivity index (χ2v) is 4.33. The number of rotatable bonds is 1. The molecule has 0 aliphatic heterocycles. The highest BCUT2D eigenvalue weighted by atomic mass is 35.5. The fourth-order valence-electron chi connectivity index (χ4n) is 1.49. The molecule has 1 heterocycles. The van der Waals surface area contributed by atoms with Gasteiger partial charge in [-0.1, -0.05) is 11.6 Å². The van der Waals surface area contributed by atoms with Crippen molar-refractivity contribution in [1.82, 2.24) is 9.78 Å². The van der Waals surface area contributed by atoms with Crippen molar-refractivity contribution in [2.45, 2.75) is 13.8 Å². The van der Waals surface area contributed by atoms with Crippen LogP contribution in [0.25, 0.3) is 5.69 Å². The maximum absolute atomic E-state index is 13.7. The summed E-state index contributed by atoms with van der Waals surface area (Å²) < 4.78 is 14.6. The summed E-state index contributed by atoms with van der Waals surface area (Å²) in [7, 11) is 0. The number of halogens is 2. The quantitative estimate of drug-likeness (QED) is 0.864. The van der Waals surface area contributed by atoms with E-state index in [2.05, 4.69) is 5.10 Å². The summed E-state index contributed by atoms with van der Waals surface area (Å²) in [5.74, 6) is -1.03. The van der Waals surface area contributed by atoms with Crippen LogP contribution >= 0.6 is 11.6 Å². The summed E-state index contributed by atoms with van der Waals surface area (Å²) in [5, 5.41) is 13.3. The maximum atomic E-state index is 13.7. The zero-order chi connectivity index (χ0) is 13.4. The molecule has 1 aromatic carbocycles. The predicted octanol–water partition coefficient (Wildman–Crippen LogP) is 2.35. The second kappa shape index (κ2) is 4.42. The highest BCUT2D eigenvalue weighted by molar-refractivity contribution is 6.32. The van der Waals surface area contributed by atoms with Crippen LogP contribution in [0, 0.1) is 19.7 Å². The van der Waals surface area contributed by atoms with Crippen molar-refractivity contribution in [3.05, 3.63) is 50.7 Å². The van der Waals surface area contributed by atoms with Gasteiger partial charge < -0.3 is 5.11 Å². The molecule has 0 aliphatic carbocycles. The van der Waals surface area contributed by atoms with Crippen molar-refractivity contribution in [2.24, 2.45) is 0 Å². The van der Waals surface area contributed by atoms with E-state index in [1.165, 1.54) is 6.07 Å². The number of benzene rings is 1. The van der Waals surface area contributed by atoms with E-state index in [1.807, 2.05) is 0 Å². The number of phenolic OH excluding ortho intramolecular Hbond substituents is 1. The molecule has 6 heteroatoms. The van der Waals surface area contributed by atoms with E-state index in [1.54, 1.807) is 13.8 Å². The van der Waals surface area contributed by atoms with E-state index >= 15 is 0 Å². The van der Waals surface area contributed by atoms with Gasteiger partial charge in [0.15, 0.2) is 5.82 Å². The first kappa shape index (κ1) is 12.6. The SMILES string of the molecule is Cc1cc(=O)n(-c2cc(O)c(Cl)cc2F)nc1C. The lowest BCUT2D eigenvalue weighted by molar-refractivity contribution is 0.472. The fourth-order valence-corrected chi connectivity index (χ4v) is 1.64. The van der Waals surface area contributed by atoms with Gasteiger partial charge in [0.1, 0.15) is 11.4 Å². The molecule has 0 bridgehead atoms. The number of aromatic hydroxyl groups is 1. The molecule has 4 nitrogen and oxygen atoms in total. The number of phenols is 1. The Morgan fingerprint density at radius 1 is 1.33 bits per heavy atom. The van der Waals surface area contributed by atoms with Gasteiger partial charge in [-0.05, 0) is 25.5 Å². The predicted molar refractivity (Wildman–Crippen MR) is 65.9 cm³/mol. The zero-order valence-electron chi connectivity index (χ0n) is 9.74. The largest absolute Gasteiger partial charge is 0.506 e. The van der Waals surface area contributed by atoms with E-state index in [9.17, 15) is 14.3 Å². The molecular weight excluding hydrogens is 259 g/mol. The average Bonchev–Trinajstić information content (AvgIpc) is 2.29. The summed E-state index contributed by atoms with van der Waals surface area (Å²) in [6.45, 7) is 3.45. The van der Waals surface area contributed by atoms with E-state index in [0.717, 1.165) is 22.4 Å². The lowest BCUT2D eigenvalue weighted by Crippen LogP contribution is -2.22. The third kappa shape index (κ3) is 2.09. The molecule has 94 valence electrons. The van der Waals surface area contributed by atoms with E-state index < -0.39 is 11.4 Å². The minimum Gasteiger partial charge on any atom is -0.506 e. The Hall–Kier alpha value is -1.88. The number of aromatic nitrogens is 2. The molecule has 2 aromatic rings. The van der Waals surface area contributed by atoms with Crippen LogP contribution in [0.3, 0.4) is 0 Å². The van der Waals surface area contributed by atoms with Crippen LogP contribution in [0.1, 0.15) is 11.3 Å². The molecule has 0 atom stereocenters. The van der Waals surface area contributed by atoms with Crippen molar-refractivity contribution in [3.8, 4) is 11.4 Å². The van der Waals surface area contributed by atoms with Gasteiger partial charge in [0.2, 0.25) is 0 Å². The van der Waals surface area contributed by atoms with Gasteiger partial charge in [-0.2, -0.15) is 9.78 Å². The van der Waals surface area contributed by atoms with Gasteiger partial charge in [-0.15, -0.1) is 0 Å². The van der Waals surface area contributed by atoms with Crippen LogP contribution in [-0.2, 0) is 0 Å². The molecular formula is C12H10ClFN2O2. The van der Waals surface area contributed by atoms with E-state index in [4.69, 9.17) is 11.6 Å². The molecule has 2 rings (SSSR count). The lowest BCUT2D eigenvalue weighted by Gasteiger charge is -2.09. The molecule has 0 saturated heterocycles. The van der Waals surface area contributed by atoms with Crippen LogP contribution < -0.4 is 5.56 Å². The third-order valence-electron chi connectivity index (χ3n) is 2.61. The zero-order valence-corrected chi connectivity index (χ0v) is 10.5. The molecule has 1 N–H and O–H groups in total. The fraction of sp³-hybridized carbons (Fsp3) is 0.167. The van der Waals surface area contributed by atoms with Crippen LogP contribution in [0.15, 0.2) is 23.0 Å². The van der Waals surface area contributed by atoms with Gasteiger partial charge in [-0.3, -0.25) is 4.79 Å². The van der Waals surface area contributed by atoms with Gasteiger partial charge >= 0.3 is 0 Å². The van der Waals surface area contributed by atoms with Crippen LogP contribution in [-0.4, -0.2) is 14.9 Å². The minimum absolute atomic E-state index is 0.117. The first-order valence-electron chi connectivity index (χ1n) is 5.16. The number of hydrogen-bond donors (Lipinski definition) is 1. The Morgan fingerprint density at radius 3 is 2.67 bits per heavy atom.